The number of hydrogen-bond acceptors (Lipinski definition) is 4. The molecule has 6 heteroatoms. The van der Waals surface area contributed by atoms with E-state index in [0.29, 0.717) is 13.0 Å². The zero-order valence-electron chi connectivity index (χ0n) is 15.0. The smallest absolute Gasteiger partial charge is 0.410 e. The molecule has 1 aromatic heterocycles. The van der Waals surface area contributed by atoms with Gasteiger partial charge in [-0.1, -0.05) is 28.1 Å². The lowest BCUT2D eigenvalue weighted by atomic mass is 10.2. The van der Waals surface area contributed by atoms with Gasteiger partial charge in [0.25, 0.3) is 0 Å². The van der Waals surface area contributed by atoms with E-state index < -0.39 is 5.60 Å². The van der Waals surface area contributed by atoms with Crippen LogP contribution in [0.3, 0.4) is 0 Å². The fourth-order valence-corrected chi connectivity index (χ4v) is 3.35. The fourth-order valence-electron chi connectivity index (χ4n) is 2.18. The molecule has 1 atom stereocenters. The summed E-state index contributed by atoms with van der Waals surface area (Å²) in [5, 5.41) is 2.03. The predicted molar refractivity (Wildman–Crippen MR) is 105 cm³/mol. The Kier molecular flexibility index (Phi) is 6.90. The number of carbonyl (C=O) groups is 1. The number of carbonyl (C=O) groups excluding carboxylic acids is 1. The Balaban J connectivity index is 2.01. The minimum absolute atomic E-state index is 0.112. The van der Waals surface area contributed by atoms with Crippen LogP contribution in [0.1, 0.15) is 38.2 Å². The molecule has 0 saturated carbocycles. The first kappa shape index (κ1) is 19.8. The summed E-state index contributed by atoms with van der Waals surface area (Å²) in [5.41, 5.74) is -0.495. The van der Waals surface area contributed by atoms with Crippen LogP contribution in [0.25, 0.3) is 0 Å². The number of ether oxygens (including phenoxy) is 2. The van der Waals surface area contributed by atoms with Crippen LogP contribution >= 0.6 is 27.3 Å². The molecule has 0 saturated heterocycles. The van der Waals surface area contributed by atoms with Gasteiger partial charge in [-0.3, -0.25) is 0 Å². The highest BCUT2D eigenvalue weighted by atomic mass is 79.9. The lowest BCUT2D eigenvalue weighted by Gasteiger charge is -2.26. The molecule has 4 nitrogen and oxygen atoms in total. The van der Waals surface area contributed by atoms with E-state index in [1.54, 1.807) is 23.3 Å². The van der Waals surface area contributed by atoms with Gasteiger partial charge in [0, 0.05) is 29.4 Å². The average molecular weight is 426 g/mol. The molecule has 1 heterocycles. The second-order valence-corrected chi connectivity index (χ2v) is 8.66. The van der Waals surface area contributed by atoms with Crippen LogP contribution in [0.5, 0.6) is 5.75 Å². The lowest BCUT2D eigenvalue weighted by molar-refractivity contribution is 0.0279. The third-order valence-corrected chi connectivity index (χ3v) is 4.82. The summed E-state index contributed by atoms with van der Waals surface area (Å²) in [5.74, 6) is 0.799. The number of hydrogen-bond donors (Lipinski definition) is 0. The van der Waals surface area contributed by atoms with Crippen LogP contribution in [0.2, 0.25) is 0 Å². The van der Waals surface area contributed by atoms with Gasteiger partial charge >= 0.3 is 6.09 Å². The van der Waals surface area contributed by atoms with E-state index in [-0.39, 0.29) is 12.2 Å². The zero-order chi connectivity index (χ0) is 18.4. The normalized spacial score (nSPS) is 12.5. The minimum atomic E-state index is -0.495. The maximum absolute atomic E-state index is 12.1. The molecule has 0 aliphatic rings. The second kappa shape index (κ2) is 8.72. The molecule has 0 aliphatic heterocycles. The van der Waals surface area contributed by atoms with Crippen LogP contribution in [0.15, 0.2) is 46.3 Å². The Bertz CT molecular complexity index is 682. The van der Waals surface area contributed by atoms with E-state index >= 15 is 0 Å². The molecule has 1 unspecified atom stereocenters. The summed E-state index contributed by atoms with van der Waals surface area (Å²) in [6, 6.07) is 11.8. The fraction of sp³-hybridized carbons (Fsp3) is 0.421. The van der Waals surface area contributed by atoms with Gasteiger partial charge in [0.2, 0.25) is 0 Å². The highest BCUT2D eigenvalue weighted by Crippen LogP contribution is 2.29. The minimum Gasteiger partial charge on any atom is -0.485 e. The van der Waals surface area contributed by atoms with E-state index in [9.17, 15) is 4.79 Å². The van der Waals surface area contributed by atoms with E-state index in [4.69, 9.17) is 9.47 Å². The topological polar surface area (TPSA) is 38.8 Å². The molecule has 25 heavy (non-hydrogen) atoms. The third-order valence-electron chi connectivity index (χ3n) is 3.37. The number of nitrogens with zero attached hydrogens (tertiary/aromatic N) is 1. The maximum Gasteiger partial charge on any atom is 0.410 e. The summed E-state index contributed by atoms with van der Waals surface area (Å²) >= 11 is 5.12. The van der Waals surface area contributed by atoms with Crippen LogP contribution in [-0.2, 0) is 4.74 Å². The third kappa shape index (κ3) is 6.71. The summed E-state index contributed by atoms with van der Waals surface area (Å²) < 4.78 is 12.5. The Morgan fingerprint density at radius 3 is 2.64 bits per heavy atom. The van der Waals surface area contributed by atoms with Crippen LogP contribution in [0.4, 0.5) is 4.79 Å². The van der Waals surface area contributed by atoms with Crippen molar-refractivity contribution >= 4 is 33.4 Å². The van der Waals surface area contributed by atoms with Crippen molar-refractivity contribution in [3.05, 3.63) is 51.1 Å². The van der Waals surface area contributed by atoms with E-state index in [1.165, 1.54) is 0 Å². The summed E-state index contributed by atoms with van der Waals surface area (Å²) in [6.07, 6.45) is 0.252. The van der Waals surface area contributed by atoms with Gasteiger partial charge in [0.05, 0.1) is 0 Å². The molecule has 0 N–H and O–H groups in total. The van der Waals surface area contributed by atoms with Gasteiger partial charge in [-0.25, -0.2) is 4.79 Å². The Hall–Kier alpha value is -1.53. The van der Waals surface area contributed by atoms with Crippen molar-refractivity contribution in [2.75, 3.05) is 13.6 Å². The van der Waals surface area contributed by atoms with Crippen molar-refractivity contribution in [3.63, 3.8) is 0 Å². The number of benzene rings is 1. The molecule has 136 valence electrons. The molecule has 0 radical (unpaired) electrons. The number of halogens is 1. The Morgan fingerprint density at radius 2 is 2.04 bits per heavy atom. The van der Waals surface area contributed by atoms with Gasteiger partial charge in [-0.05, 0) is 50.4 Å². The first-order chi connectivity index (χ1) is 11.7. The first-order valence-electron chi connectivity index (χ1n) is 8.14. The first-order valence-corrected chi connectivity index (χ1v) is 9.81. The largest absolute Gasteiger partial charge is 0.485 e. The van der Waals surface area contributed by atoms with E-state index in [2.05, 4.69) is 22.0 Å². The van der Waals surface area contributed by atoms with Gasteiger partial charge < -0.3 is 14.4 Å². The standard InChI is InChI=1S/C19H24BrNO3S/c1-19(2,3)24-18(22)21(4)11-10-16(17-9-6-12-25-17)23-15-8-5-7-14(20)13-15/h5-9,12-13,16H,10-11H2,1-4H3. The maximum atomic E-state index is 12.1. The molecular formula is C19H24BrNO3S. The zero-order valence-corrected chi connectivity index (χ0v) is 17.4. The molecular weight excluding hydrogens is 402 g/mol. The number of rotatable bonds is 6. The highest BCUT2D eigenvalue weighted by molar-refractivity contribution is 9.10. The number of amides is 1. The summed E-state index contributed by atoms with van der Waals surface area (Å²) in [7, 11) is 1.75. The SMILES string of the molecule is CN(CCC(Oc1cccc(Br)c1)c1cccs1)C(=O)OC(C)(C)C. The van der Waals surface area contributed by atoms with Gasteiger partial charge in [0.1, 0.15) is 17.5 Å². The predicted octanol–water partition coefficient (Wildman–Crippen LogP) is 5.89. The van der Waals surface area contributed by atoms with Crippen molar-refractivity contribution in [3.8, 4) is 5.75 Å². The van der Waals surface area contributed by atoms with Crippen molar-refractivity contribution in [2.24, 2.45) is 0 Å². The van der Waals surface area contributed by atoms with E-state index in [1.807, 2.05) is 56.5 Å². The van der Waals surface area contributed by atoms with Gasteiger partial charge in [-0.15, -0.1) is 11.3 Å². The summed E-state index contributed by atoms with van der Waals surface area (Å²) in [6.45, 7) is 6.14. The molecule has 0 fully saturated rings. The van der Waals surface area contributed by atoms with Crippen molar-refractivity contribution in [1.29, 1.82) is 0 Å². The Labute approximate surface area is 161 Å². The van der Waals surface area contributed by atoms with Crippen LogP contribution in [-0.4, -0.2) is 30.2 Å². The highest BCUT2D eigenvalue weighted by Gasteiger charge is 2.22. The molecule has 0 bridgehead atoms. The van der Waals surface area contributed by atoms with Crippen molar-refractivity contribution in [1.82, 2.24) is 4.90 Å². The van der Waals surface area contributed by atoms with Crippen molar-refractivity contribution in [2.45, 2.75) is 38.9 Å². The molecule has 2 aromatic rings. The second-order valence-electron chi connectivity index (χ2n) is 6.77. The van der Waals surface area contributed by atoms with Gasteiger partial charge in [-0.2, -0.15) is 0 Å². The van der Waals surface area contributed by atoms with Gasteiger partial charge in [0.15, 0.2) is 0 Å². The molecule has 1 aromatic carbocycles. The van der Waals surface area contributed by atoms with E-state index in [0.717, 1.165) is 15.1 Å². The number of thiophene rings is 1. The monoisotopic (exact) mass is 425 g/mol. The lowest BCUT2D eigenvalue weighted by Crippen LogP contribution is -2.35. The average Bonchev–Trinajstić information content (AvgIpc) is 3.03. The molecule has 1 amide bonds. The quantitative estimate of drug-likeness (QED) is 0.578. The summed E-state index contributed by atoms with van der Waals surface area (Å²) in [4.78, 5) is 14.8. The molecule has 0 aliphatic carbocycles. The molecule has 0 spiro atoms. The molecule has 2 rings (SSSR count). The van der Waals surface area contributed by atoms with Crippen LogP contribution < -0.4 is 4.74 Å². The van der Waals surface area contributed by atoms with Crippen LogP contribution in [0, 0.1) is 0 Å². The Morgan fingerprint density at radius 1 is 1.28 bits per heavy atom. The van der Waals surface area contributed by atoms with Crippen molar-refractivity contribution < 1.29 is 14.3 Å².